The van der Waals surface area contributed by atoms with E-state index in [1.807, 2.05) is 0 Å². The lowest BCUT2D eigenvalue weighted by molar-refractivity contribution is -0.130. The highest BCUT2D eigenvalue weighted by molar-refractivity contribution is 5.82. The first-order valence-corrected chi connectivity index (χ1v) is 10.1. The number of ether oxygens (including phenoxy) is 1. The average molecular weight is 345 g/mol. The summed E-state index contributed by atoms with van der Waals surface area (Å²) in [6.07, 6.45) is 16.1. The molecule has 0 aliphatic carbocycles. The average Bonchev–Trinajstić information content (AvgIpc) is 2.58. The van der Waals surface area contributed by atoms with Gasteiger partial charge in [-0.2, -0.15) is 0 Å². The summed E-state index contributed by atoms with van der Waals surface area (Å²) in [5.41, 5.74) is 0. The van der Waals surface area contributed by atoms with Crippen LogP contribution in [0.5, 0.6) is 0 Å². The lowest BCUT2D eigenvalue weighted by atomic mass is 10.0. The first-order chi connectivity index (χ1) is 11.7. The molecule has 0 aliphatic rings. The second-order valence-electron chi connectivity index (χ2n) is 6.77. The van der Waals surface area contributed by atoms with E-state index in [2.05, 4.69) is 6.92 Å². The summed E-state index contributed by atoms with van der Waals surface area (Å²) in [7, 11) is 0. The minimum atomic E-state index is -1.03. The Balaban J connectivity index is 3.23. The van der Waals surface area contributed by atoms with E-state index >= 15 is 0 Å². The third-order valence-electron chi connectivity index (χ3n) is 4.41. The van der Waals surface area contributed by atoms with Crippen molar-refractivity contribution in [3.63, 3.8) is 0 Å². The number of aliphatic hydroxyl groups is 2. The van der Waals surface area contributed by atoms with E-state index in [4.69, 9.17) is 9.84 Å². The Labute approximate surface area is 149 Å². The number of rotatable bonds is 19. The first kappa shape index (κ1) is 23.5. The number of hydrogen-bond acceptors (Lipinski definition) is 4. The van der Waals surface area contributed by atoms with E-state index in [0.717, 1.165) is 12.8 Å². The van der Waals surface area contributed by atoms with Gasteiger partial charge in [0.25, 0.3) is 0 Å². The van der Waals surface area contributed by atoms with Crippen molar-refractivity contribution in [2.75, 3.05) is 19.8 Å². The summed E-state index contributed by atoms with van der Waals surface area (Å²) in [6.45, 7) is 2.34. The van der Waals surface area contributed by atoms with E-state index in [0.29, 0.717) is 6.42 Å². The Hall–Kier alpha value is -0.450. The van der Waals surface area contributed by atoms with Gasteiger partial charge in [0.05, 0.1) is 19.8 Å². The molecule has 1 atom stereocenters. The molecule has 0 aromatic rings. The van der Waals surface area contributed by atoms with E-state index in [-0.39, 0.29) is 25.6 Å². The number of unbranched alkanes of at least 4 members (excludes halogenated alkanes) is 12. The Kier molecular flexibility index (Phi) is 18.5. The highest BCUT2D eigenvalue weighted by atomic mass is 16.5. The van der Waals surface area contributed by atoms with Crippen LogP contribution in [0, 0.1) is 0 Å². The van der Waals surface area contributed by atoms with Gasteiger partial charge in [-0.15, -0.1) is 0 Å². The minimum Gasteiger partial charge on any atom is -0.394 e. The van der Waals surface area contributed by atoms with E-state index in [1.165, 1.54) is 70.6 Å². The van der Waals surface area contributed by atoms with Crippen molar-refractivity contribution in [1.82, 2.24) is 0 Å². The molecule has 0 amide bonds. The molecule has 4 nitrogen and oxygen atoms in total. The van der Waals surface area contributed by atoms with Gasteiger partial charge >= 0.3 is 0 Å². The van der Waals surface area contributed by atoms with Crippen molar-refractivity contribution in [2.24, 2.45) is 0 Å². The van der Waals surface area contributed by atoms with Crippen LogP contribution in [0.3, 0.4) is 0 Å². The fourth-order valence-electron chi connectivity index (χ4n) is 2.84. The SMILES string of the molecule is CCCCCCCCCCCCCCCC(=O)C(O)COCCO. The summed E-state index contributed by atoms with van der Waals surface area (Å²) in [5, 5.41) is 18.1. The highest BCUT2D eigenvalue weighted by Gasteiger charge is 2.14. The standard InChI is InChI=1S/C20H40O4/c1-2-3-4-5-6-7-8-9-10-11-12-13-14-15-19(22)20(23)18-24-17-16-21/h20-21,23H,2-18H2,1H3. The van der Waals surface area contributed by atoms with Crippen LogP contribution in [0.4, 0.5) is 0 Å². The molecule has 0 spiro atoms. The molecular weight excluding hydrogens is 304 g/mol. The van der Waals surface area contributed by atoms with Crippen molar-refractivity contribution in [3.05, 3.63) is 0 Å². The fourth-order valence-corrected chi connectivity index (χ4v) is 2.84. The molecule has 0 heterocycles. The van der Waals surface area contributed by atoms with Gasteiger partial charge in [-0.05, 0) is 6.42 Å². The molecule has 144 valence electrons. The molecular formula is C20H40O4. The van der Waals surface area contributed by atoms with Crippen molar-refractivity contribution >= 4 is 5.78 Å². The van der Waals surface area contributed by atoms with Crippen LogP contribution in [0.1, 0.15) is 96.8 Å². The van der Waals surface area contributed by atoms with Crippen LogP contribution in [0.2, 0.25) is 0 Å². The molecule has 0 aromatic heterocycles. The van der Waals surface area contributed by atoms with Crippen LogP contribution in [0.15, 0.2) is 0 Å². The smallest absolute Gasteiger partial charge is 0.163 e. The lowest BCUT2D eigenvalue weighted by Crippen LogP contribution is -2.26. The monoisotopic (exact) mass is 344 g/mol. The van der Waals surface area contributed by atoms with Crippen LogP contribution in [-0.4, -0.2) is 41.9 Å². The second kappa shape index (κ2) is 18.9. The molecule has 4 heteroatoms. The topological polar surface area (TPSA) is 66.8 Å². The Morgan fingerprint density at radius 2 is 1.29 bits per heavy atom. The summed E-state index contributed by atoms with van der Waals surface area (Å²) < 4.78 is 4.96. The van der Waals surface area contributed by atoms with Gasteiger partial charge < -0.3 is 14.9 Å². The summed E-state index contributed by atoms with van der Waals surface area (Å²) in [4.78, 5) is 11.6. The number of hydrogen-bond donors (Lipinski definition) is 2. The maximum absolute atomic E-state index is 11.6. The van der Waals surface area contributed by atoms with Crippen LogP contribution < -0.4 is 0 Å². The zero-order chi connectivity index (χ0) is 17.9. The third-order valence-corrected chi connectivity index (χ3v) is 4.41. The molecule has 0 saturated carbocycles. The first-order valence-electron chi connectivity index (χ1n) is 10.1. The van der Waals surface area contributed by atoms with Gasteiger partial charge in [0.15, 0.2) is 5.78 Å². The van der Waals surface area contributed by atoms with Gasteiger partial charge in [-0.3, -0.25) is 4.79 Å². The quantitative estimate of drug-likeness (QED) is 0.341. The molecule has 0 saturated heterocycles. The number of carbonyl (C=O) groups excluding carboxylic acids is 1. The van der Waals surface area contributed by atoms with E-state index < -0.39 is 6.10 Å². The molecule has 1 unspecified atom stereocenters. The van der Waals surface area contributed by atoms with E-state index in [1.54, 1.807) is 0 Å². The maximum Gasteiger partial charge on any atom is 0.163 e. The zero-order valence-corrected chi connectivity index (χ0v) is 15.8. The summed E-state index contributed by atoms with van der Waals surface area (Å²) >= 11 is 0. The number of ketones is 1. The largest absolute Gasteiger partial charge is 0.394 e. The highest BCUT2D eigenvalue weighted by Crippen LogP contribution is 2.13. The lowest BCUT2D eigenvalue weighted by Gasteiger charge is -2.09. The van der Waals surface area contributed by atoms with Crippen LogP contribution in [-0.2, 0) is 9.53 Å². The molecule has 0 bridgehead atoms. The predicted octanol–water partition coefficient (Wildman–Crippen LogP) is 4.41. The van der Waals surface area contributed by atoms with Gasteiger partial charge in [-0.1, -0.05) is 84.0 Å². The Bertz CT molecular complexity index is 268. The normalized spacial score (nSPS) is 12.5. The zero-order valence-electron chi connectivity index (χ0n) is 15.8. The van der Waals surface area contributed by atoms with Crippen LogP contribution >= 0.6 is 0 Å². The van der Waals surface area contributed by atoms with Crippen molar-refractivity contribution < 1.29 is 19.7 Å². The van der Waals surface area contributed by atoms with Crippen molar-refractivity contribution in [2.45, 2.75) is 103 Å². The number of carbonyl (C=O) groups is 1. The fraction of sp³-hybridized carbons (Fsp3) is 0.950. The number of aliphatic hydroxyl groups excluding tert-OH is 2. The molecule has 0 fully saturated rings. The van der Waals surface area contributed by atoms with Gasteiger partial charge in [0.1, 0.15) is 6.10 Å². The molecule has 24 heavy (non-hydrogen) atoms. The van der Waals surface area contributed by atoms with Crippen molar-refractivity contribution in [3.8, 4) is 0 Å². The Morgan fingerprint density at radius 3 is 1.75 bits per heavy atom. The molecule has 2 N–H and O–H groups in total. The van der Waals surface area contributed by atoms with Gasteiger partial charge in [0, 0.05) is 6.42 Å². The Morgan fingerprint density at radius 1 is 0.833 bits per heavy atom. The maximum atomic E-state index is 11.6. The predicted molar refractivity (Wildman–Crippen MR) is 99.2 cm³/mol. The molecule has 0 rings (SSSR count). The van der Waals surface area contributed by atoms with Crippen molar-refractivity contribution in [1.29, 1.82) is 0 Å². The summed E-state index contributed by atoms with van der Waals surface area (Å²) in [6, 6.07) is 0. The number of Topliss-reactive ketones (excluding diaryl/α,β-unsaturated/α-hetero) is 1. The molecule has 0 aromatic carbocycles. The van der Waals surface area contributed by atoms with E-state index in [9.17, 15) is 9.90 Å². The van der Waals surface area contributed by atoms with Gasteiger partial charge in [0.2, 0.25) is 0 Å². The van der Waals surface area contributed by atoms with Gasteiger partial charge in [-0.25, -0.2) is 0 Å². The molecule has 0 aliphatic heterocycles. The molecule has 0 radical (unpaired) electrons. The second-order valence-corrected chi connectivity index (χ2v) is 6.77. The van der Waals surface area contributed by atoms with Crippen LogP contribution in [0.25, 0.3) is 0 Å². The summed E-state index contributed by atoms with van der Waals surface area (Å²) in [5.74, 6) is -0.143. The minimum absolute atomic E-state index is 0.00215. The third kappa shape index (κ3) is 16.4.